The van der Waals surface area contributed by atoms with Gasteiger partial charge in [0.2, 0.25) is 0 Å². The molecule has 1 aliphatic rings. The van der Waals surface area contributed by atoms with E-state index in [0.717, 1.165) is 80.8 Å². The van der Waals surface area contributed by atoms with E-state index in [1.54, 1.807) is 12.1 Å². The minimum absolute atomic E-state index is 0.165. The molecule has 3 heteroatoms. The first kappa shape index (κ1) is 31.5. The summed E-state index contributed by atoms with van der Waals surface area (Å²) >= 11 is 0. The maximum Gasteiger partial charge on any atom is 0.123 e. The number of nitrogens with zero attached hydrogens (tertiary/aromatic N) is 2. The van der Waals surface area contributed by atoms with Crippen LogP contribution in [0.1, 0.15) is 94.0 Å². The Kier molecular flexibility index (Phi) is 11.4. The number of halogens is 1. The average molecular weight is 543 g/mol. The van der Waals surface area contributed by atoms with Gasteiger partial charge in [-0.2, -0.15) is 0 Å². The van der Waals surface area contributed by atoms with Crippen molar-refractivity contribution in [3.05, 3.63) is 107 Å². The Balaban J connectivity index is 1.84. The zero-order chi connectivity index (χ0) is 29.4. The normalized spacial score (nSPS) is 14.5. The van der Waals surface area contributed by atoms with Crippen LogP contribution in [0, 0.1) is 18.7 Å². The van der Waals surface area contributed by atoms with Crippen LogP contribution in [0.3, 0.4) is 0 Å². The third kappa shape index (κ3) is 7.56. The van der Waals surface area contributed by atoms with E-state index in [0.29, 0.717) is 11.8 Å². The molecular weight excluding hydrogens is 491 g/mol. The van der Waals surface area contributed by atoms with E-state index >= 15 is 0 Å². The average Bonchev–Trinajstić information content (AvgIpc) is 2.94. The van der Waals surface area contributed by atoms with Crippen molar-refractivity contribution >= 4 is 11.3 Å². The minimum atomic E-state index is -0.165. The van der Waals surface area contributed by atoms with Gasteiger partial charge in [-0.25, -0.2) is 4.39 Å². The molecule has 1 fully saturated rings. The van der Waals surface area contributed by atoms with E-state index < -0.39 is 0 Å². The molecule has 40 heavy (non-hydrogen) atoms. The van der Waals surface area contributed by atoms with Crippen LogP contribution in [0.25, 0.3) is 11.3 Å². The Labute approximate surface area is 244 Å². The van der Waals surface area contributed by atoms with Crippen LogP contribution in [0.5, 0.6) is 0 Å². The smallest absolute Gasteiger partial charge is 0.123 e. The van der Waals surface area contributed by atoms with Crippen LogP contribution in [0.2, 0.25) is 0 Å². The van der Waals surface area contributed by atoms with E-state index in [2.05, 4.69) is 89.3 Å². The second-order valence-electron chi connectivity index (χ2n) is 11.7. The summed E-state index contributed by atoms with van der Waals surface area (Å²) in [6, 6.07) is 11.7. The van der Waals surface area contributed by atoms with Crippen molar-refractivity contribution in [3.8, 4) is 0 Å². The maximum absolute atomic E-state index is 13.3. The fraction of sp³-hybridized carbons (Fsp3) is 0.459. The Hall–Kier alpha value is -3.07. The molecule has 1 saturated heterocycles. The number of hydrogen-bond donors (Lipinski definition) is 0. The third-order valence-corrected chi connectivity index (χ3v) is 8.38. The summed E-state index contributed by atoms with van der Waals surface area (Å²) in [6.45, 7) is 30.9. The van der Waals surface area contributed by atoms with Crippen molar-refractivity contribution in [2.45, 2.75) is 79.6 Å². The highest BCUT2D eigenvalue weighted by atomic mass is 19.1. The minimum Gasteiger partial charge on any atom is -0.372 e. The van der Waals surface area contributed by atoms with Gasteiger partial charge in [-0.05, 0) is 109 Å². The van der Waals surface area contributed by atoms with Crippen LogP contribution in [-0.2, 0) is 6.42 Å². The third-order valence-electron chi connectivity index (χ3n) is 8.38. The van der Waals surface area contributed by atoms with Crippen molar-refractivity contribution in [2.24, 2.45) is 5.92 Å². The molecule has 1 heterocycles. The molecular formula is C37H51FN2. The summed E-state index contributed by atoms with van der Waals surface area (Å²) in [5, 5.41) is 0. The van der Waals surface area contributed by atoms with Crippen molar-refractivity contribution in [2.75, 3.05) is 26.2 Å². The van der Waals surface area contributed by atoms with Crippen LogP contribution >= 0.6 is 0 Å². The number of likely N-dealkylation sites (tertiary alicyclic amines) is 1. The first-order chi connectivity index (χ1) is 19.1. The summed E-state index contributed by atoms with van der Waals surface area (Å²) in [5.41, 5.74) is 10.6. The predicted octanol–water partition coefficient (Wildman–Crippen LogP) is 9.78. The van der Waals surface area contributed by atoms with Gasteiger partial charge in [-0.1, -0.05) is 71.7 Å². The Morgan fingerprint density at radius 3 is 2.12 bits per heavy atom. The van der Waals surface area contributed by atoms with E-state index in [1.165, 1.54) is 27.8 Å². The second-order valence-corrected chi connectivity index (χ2v) is 11.7. The Bertz CT molecular complexity index is 1200. The van der Waals surface area contributed by atoms with Gasteiger partial charge in [0, 0.05) is 43.1 Å². The van der Waals surface area contributed by atoms with E-state index in [9.17, 15) is 4.39 Å². The van der Waals surface area contributed by atoms with Gasteiger partial charge in [0.15, 0.2) is 0 Å². The van der Waals surface area contributed by atoms with Gasteiger partial charge in [-0.15, -0.1) is 0 Å². The lowest BCUT2D eigenvalue weighted by Crippen LogP contribution is -2.33. The van der Waals surface area contributed by atoms with Gasteiger partial charge in [0.1, 0.15) is 5.82 Å². The van der Waals surface area contributed by atoms with E-state index in [1.807, 2.05) is 12.1 Å². The van der Waals surface area contributed by atoms with Gasteiger partial charge < -0.3 is 9.80 Å². The van der Waals surface area contributed by atoms with E-state index in [-0.39, 0.29) is 5.82 Å². The molecule has 0 aromatic heterocycles. The zero-order valence-corrected chi connectivity index (χ0v) is 26.0. The molecule has 0 bridgehead atoms. The summed E-state index contributed by atoms with van der Waals surface area (Å²) < 4.78 is 13.3. The molecule has 3 rings (SSSR count). The maximum atomic E-state index is 13.3. The number of allylic oxidation sites excluding steroid dienone is 2. The molecule has 216 valence electrons. The lowest BCUT2D eigenvalue weighted by atomic mass is 9.85. The highest BCUT2D eigenvalue weighted by molar-refractivity contribution is 5.85. The summed E-state index contributed by atoms with van der Waals surface area (Å²) in [6.07, 6.45) is 7.61. The predicted molar refractivity (Wildman–Crippen MR) is 173 cm³/mol. The first-order valence-corrected chi connectivity index (χ1v) is 15.2. The molecule has 0 atom stereocenters. The van der Waals surface area contributed by atoms with Gasteiger partial charge in [0.25, 0.3) is 0 Å². The fourth-order valence-corrected chi connectivity index (χ4v) is 6.04. The van der Waals surface area contributed by atoms with Crippen molar-refractivity contribution in [3.63, 3.8) is 0 Å². The lowest BCUT2D eigenvalue weighted by molar-refractivity contribution is 0.254. The fourth-order valence-electron chi connectivity index (χ4n) is 6.04. The topological polar surface area (TPSA) is 6.48 Å². The standard InChI is InChI=1S/C37H51FN2/c1-10-19-39(20-11-2)29(8)28(7)34(12-3)36-25-37(35(26(4)5)23-27(36)6)30(9)40-21-17-32(18-22-40)24-31-13-15-33(38)16-14-31/h12-16,23,25-26,32H,7-11,17-22,24H2,1-6H3/b34-12-. The lowest BCUT2D eigenvalue weighted by Gasteiger charge is -2.36. The summed E-state index contributed by atoms with van der Waals surface area (Å²) in [4.78, 5) is 4.84. The number of benzene rings is 2. The second kappa shape index (κ2) is 14.5. The van der Waals surface area contributed by atoms with Crippen LogP contribution in [0.15, 0.2) is 73.5 Å². The number of rotatable bonds is 13. The van der Waals surface area contributed by atoms with Crippen LogP contribution in [0.4, 0.5) is 4.39 Å². The molecule has 1 aliphatic heterocycles. The van der Waals surface area contributed by atoms with Crippen LogP contribution in [-0.4, -0.2) is 36.0 Å². The van der Waals surface area contributed by atoms with Crippen molar-refractivity contribution in [1.82, 2.24) is 9.80 Å². The molecule has 2 nitrogen and oxygen atoms in total. The highest BCUT2D eigenvalue weighted by Crippen LogP contribution is 2.37. The monoisotopic (exact) mass is 542 g/mol. The Morgan fingerprint density at radius 1 is 1.00 bits per heavy atom. The quantitative estimate of drug-likeness (QED) is 0.232. The summed E-state index contributed by atoms with van der Waals surface area (Å²) in [7, 11) is 0. The molecule has 0 radical (unpaired) electrons. The van der Waals surface area contributed by atoms with Crippen molar-refractivity contribution in [1.29, 1.82) is 0 Å². The molecule has 0 unspecified atom stereocenters. The molecule has 2 aromatic rings. The van der Waals surface area contributed by atoms with Gasteiger partial charge in [0.05, 0.1) is 0 Å². The molecule has 0 saturated carbocycles. The summed E-state index contributed by atoms with van der Waals surface area (Å²) in [5.74, 6) is 0.847. The largest absolute Gasteiger partial charge is 0.372 e. The zero-order valence-electron chi connectivity index (χ0n) is 26.0. The molecule has 0 amide bonds. The molecule has 0 N–H and O–H groups in total. The number of piperidine rings is 1. The molecule has 2 aromatic carbocycles. The Morgan fingerprint density at radius 2 is 1.60 bits per heavy atom. The number of aryl methyl sites for hydroxylation is 1. The van der Waals surface area contributed by atoms with Gasteiger partial charge in [-0.3, -0.25) is 0 Å². The highest BCUT2D eigenvalue weighted by Gasteiger charge is 2.24. The van der Waals surface area contributed by atoms with E-state index in [4.69, 9.17) is 0 Å². The molecule has 0 aliphatic carbocycles. The number of hydrogen-bond acceptors (Lipinski definition) is 2. The van der Waals surface area contributed by atoms with Crippen LogP contribution < -0.4 is 0 Å². The molecule has 0 spiro atoms. The van der Waals surface area contributed by atoms with Crippen molar-refractivity contribution < 1.29 is 4.39 Å². The SMILES string of the molecule is C=C(C(=C)N(CCC)CCC)/C(=C/C)c1cc(C(=C)N2CCC(Cc3ccc(F)cc3)CC2)c(C(C)C)cc1C. The van der Waals surface area contributed by atoms with Gasteiger partial charge >= 0.3 is 0 Å². The first-order valence-electron chi connectivity index (χ1n) is 15.2.